The molecule has 3 aromatic rings. The molecule has 0 amide bonds. The van der Waals surface area contributed by atoms with Crippen LogP contribution in [-0.4, -0.2) is 27.8 Å². The van der Waals surface area contributed by atoms with Crippen LogP contribution in [0.4, 0.5) is 5.69 Å². The molecule has 2 aromatic carbocycles. The Morgan fingerprint density at radius 2 is 1.69 bits per heavy atom. The molecule has 0 aliphatic heterocycles. The van der Waals surface area contributed by atoms with Gasteiger partial charge in [0.15, 0.2) is 11.6 Å². The molecule has 0 aliphatic carbocycles. The molecule has 134 valence electrons. The van der Waals surface area contributed by atoms with Crippen molar-refractivity contribution < 1.29 is 9.53 Å². The highest BCUT2D eigenvalue weighted by Gasteiger charge is 2.27. The third kappa shape index (κ3) is 3.44. The zero-order valence-electron chi connectivity index (χ0n) is 15.4. The molecule has 0 saturated carbocycles. The van der Waals surface area contributed by atoms with Crippen LogP contribution < -0.4 is 5.32 Å². The predicted octanol–water partition coefficient (Wildman–Crippen LogP) is 3.62. The number of carbonyl (C=O) groups excluding carboxylic acids is 1. The van der Waals surface area contributed by atoms with Gasteiger partial charge in [0.1, 0.15) is 0 Å². The van der Waals surface area contributed by atoms with E-state index in [9.17, 15) is 4.79 Å². The van der Waals surface area contributed by atoms with Gasteiger partial charge in [-0.2, -0.15) is 0 Å². The normalized spacial score (nSPS) is 11.2. The Balaban J connectivity index is 1.88. The van der Waals surface area contributed by atoms with Crippen LogP contribution in [0.1, 0.15) is 30.0 Å². The summed E-state index contributed by atoms with van der Waals surface area (Å²) in [4.78, 5) is 11.6. The average Bonchev–Trinajstić information content (AvgIpc) is 3.04. The van der Waals surface area contributed by atoms with Gasteiger partial charge in [-0.15, -0.1) is 10.2 Å². The van der Waals surface area contributed by atoms with Crippen molar-refractivity contribution in [2.45, 2.75) is 19.4 Å². The van der Waals surface area contributed by atoms with Crippen molar-refractivity contribution in [2.75, 3.05) is 12.4 Å². The Kier molecular flexibility index (Phi) is 4.75. The molecule has 6 nitrogen and oxygen atoms in total. The van der Waals surface area contributed by atoms with Crippen LogP contribution >= 0.6 is 0 Å². The van der Waals surface area contributed by atoms with E-state index in [1.54, 1.807) is 12.1 Å². The van der Waals surface area contributed by atoms with Crippen LogP contribution in [0.5, 0.6) is 0 Å². The second-order valence-electron chi connectivity index (χ2n) is 6.59. The molecule has 1 aromatic heterocycles. The Morgan fingerprint density at radius 1 is 1.04 bits per heavy atom. The lowest BCUT2D eigenvalue weighted by Crippen LogP contribution is -2.31. The van der Waals surface area contributed by atoms with E-state index in [1.807, 2.05) is 54.1 Å². The van der Waals surface area contributed by atoms with Crippen LogP contribution in [0.3, 0.4) is 0 Å². The molecule has 3 rings (SSSR count). The molecule has 0 unspecified atom stereocenters. The minimum absolute atomic E-state index is 0.358. The lowest BCUT2D eigenvalue weighted by atomic mass is 10.0. The first-order valence-electron chi connectivity index (χ1n) is 8.34. The number of methoxy groups -OCH3 is 1. The first-order valence-corrected chi connectivity index (χ1v) is 8.34. The van der Waals surface area contributed by atoms with E-state index >= 15 is 0 Å². The van der Waals surface area contributed by atoms with Crippen molar-refractivity contribution in [1.29, 1.82) is 0 Å². The maximum atomic E-state index is 11.6. The van der Waals surface area contributed by atoms with Gasteiger partial charge in [-0.3, -0.25) is 0 Å². The van der Waals surface area contributed by atoms with Gasteiger partial charge in [0.2, 0.25) is 0 Å². The summed E-state index contributed by atoms with van der Waals surface area (Å²) in [6.07, 6.45) is 0. The third-order valence-electron chi connectivity index (χ3n) is 4.23. The molecule has 0 bridgehead atoms. The Morgan fingerprint density at radius 3 is 2.31 bits per heavy atom. The number of hydrogen-bond donors (Lipinski definition) is 1. The highest BCUT2D eigenvalue weighted by atomic mass is 16.5. The van der Waals surface area contributed by atoms with Crippen molar-refractivity contribution in [1.82, 2.24) is 14.8 Å². The second-order valence-corrected chi connectivity index (χ2v) is 6.59. The number of nitrogens with one attached hydrogen (secondary N) is 1. The summed E-state index contributed by atoms with van der Waals surface area (Å²) in [7, 11) is 3.31. The molecule has 1 N–H and O–H groups in total. The van der Waals surface area contributed by atoms with E-state index < -0.39 is 5.54 Å². The maximum Gasteiger partial charge on any atom is 0.337 e. The number of hydrogen-bond acceptors (Lipinski definition) is 5. The van der Waals surface area contributed by atoms with Crippen molar-refractivity contribution >= 4 is 11.7 Å². The van der Waals surface area contributed by atoms with Gasteiger partial charge in [-0.25, -0.2) is 4.79 Å². The molecular formula is C20H22N4O2. The topological polar surface area (TPSA) is 69.0 Å². The summed E-state index contributed by atoms with van der Waals surface area (Å²) in [6.45, 7) is 4.13. The number of anilines is 1. The Bertz CT molecular complexity index is 899. The van der Waals surface area contributed by atoms with Crippen molar-refractivity contribution in [3.63, 3.8) is 0 Å². The molecule has 0 spiro atoms. The number of aromatic nitrogens is 3. The van der Waals surface area contributed by atoms with E-state index in [4.69, 9.17) is 4.74 Å². The van der Waals surface area contributed by atoms with Crippen LogP contribution in [-0.2, 0) is 17.3 Å². The second kappa shape index (κ2) is 7.00. The van der Waals surface area contributed by atoms with E-state index in [2.05, 4.69) is 29.4 Å². The van der Waals surface area contributed by atoms with E-state index in [-0.39, 0.29) is 5.97 Å². The number of carbonyl (C=O) groups is 1. The van der Waals surface area contributed by atoms with Gasteiger partial charge in [-0.05, 0) is 38.1 Å². The van der Waals surface area contributed by atoms with Crippen molar-refractivity contribution in [3.8, 4) is 11.4 Å². The lowest BCUT2D eigenvalue weighted by molar-refractivity contribution is 0.0601. The summed E-state index contributed by atoms with van der Waals surface area (Å²) in [5.74, 6) is 1.19. The number of nitrogens with zero attached hydrogens (tertiary/aromatic N) is 3. The fraction of sp³-hybridized carbons (Fsp3) is 0.250. The predicted molar refractivity (Wildman–Crippen MR) is 101 cm³/mol. The summed E-state index contributed by atoms with van der Waals surface area (Å²) in [6, 6.07) is 17.1. The fourth-order valence-corrected chi connectivity index (χ4v) is 2.94. The average molecular weight is 350 g/mol. The maximum absolute atomic E-state index is 11.6. The fourth-order valence-electron chi connectivity index (χ4n) is 2.94. The van der Waals surface area contributed by atoms with Gasteiger partial charge in [0.25, 0.3) is 0 Å². The molecule has 26 heavy (non-hydrogen) atoms. The minimum atomic E-state index is -0.409. The highest BCUT2D eigenvalue weighted by Crippen LogP contribution is 2.27. The number of esters is 1. The zero-order chi connectivity index (χ0) is 18.7. The van der Waals surface area contributed by atoms with E-state index in [0.717, 1.165) is 22.9 Å². The van der Waals surface area contributed by atoms with E-state index in [1.165, 1.54) is 7.11 Å². The van der Waals surface area contributed by atoms with Crippen LogP contribution in [0, 0.1) is 0 Å². The number of ether oxygens (including phenoxy) is 1. The molecule has 6 heteroatoms. The number of benzene rings is 2. The number of rotatable bonds is 5. The summed E-state index contributed by atoms with van der Waals surface area (Å²) in [5, 5.41) is 12.2. The molecule has 0 aliphatic rings. The zero-order valence-corrected chi connectivity index (χ0v) is 15.4. The van der Waals surface area contributed by atoms with Crippen LogP contribution in [0.2, 0.25) is 0 Å². The summed E-state index contributed by atoms with van der Waals surface area (Å²) >= 11 is 0. The van der Waals surface area contributed by atoms with E-state index in [0.29, 0.717) is 5.56 Å². The SMILES string of the molecule is COC(=O)c1ccc(-c2nnc(C(C)(C)Nc3ccccc3)n2C)cc1. The van der Waals surface area contributed by atoms with Crippen LogP contribution in [0.25, 0.3) is 11.4 Å². The minimum Gasteiger partial charge on any atom is -0.465 e. The summed E-state index contributed by atoms with van der Waals surface area (Å²) in [5.41, 5.74) is 2.00. The Hall–Kier alpha value is -3.15. The van der Waals surface area contributed by atoms with Gasteiger partial charge >= 0.3 is 5.97 Å². The Labute approximate surface area is 152 Å². The monoisotopic (exact) mass is 350 g/mol. The smallest absolute Gasteiger partial charge is 0.337 e. The van der Waals surface area contributed by atoms with Gasteiger partial charge < -0.3 is 14.6 Å². The number of para-hydroxylation sites is 1. The van der Waals surface area contributed by atoms with Crippen molar-refractivity contribution in [2.24, 2.45) is 7.05 Å². The summed E-state index contributed by atoms with van der Waals surface area (Å²) < 4.78 is 6.69. The van der Waals surface area contributed by atoms with Gasteiger partial charge in [0, 0.05) is 18.3 Å². The molecule has 0 saturated heterocycles. The van der Waals surface area contributed by atoms with Crippen LogP contribution in [0.15, 0.2) is 54.6 Å². The van der Waals surface area contributed by atoms with Gasteiger partial charge in [0.05, 0.1) is 18.2 Å². The first kappa shape index (κ1) is 17.7. The molecule has 0 atom stereocenters. The first-order chi connectivity index (χ1) is 12.4. The van der Waals surface area contributed by atoms with Gasteiger partial charge in [-0.1, -0.05) is 30.3 Å². The molecular weight excluding hydrogens is 328 g/mol. The largest absolute Gasteiger partial charge is 0.465 e. The third-order valence-corrected chi connectivity index (χ3v) is 4.23. The molecule has 1 heterocycles. The highest BCUT2D eigenvalue weighted by molar-refractivity contribution is 5.89. The lowest BCUT2D eigenvalue weighted by Gasteiger charge is -2.26. The molecule has 0 fully saturated rings. The standard InChI is InChI=1S/C20H22N4O2/c1-20(2,21-16-8-6-5-7-9-16)19-23-22-17(24(19)3)14-10-12-15(13-11-14)18(25)26-4/h5-13,21H,1-4H3. The molecule has 0 radical (unpaired) electrons. The van der Waals surface area contributed by atoms with Crippen molar-refractivity contribution in [3.05, 3.63) is 66.0 Å². The quantitative estimate of drug-likeness (QED) is 0.712.